The van der Waals surface area contributed by atoms with Crippen LogP contribution in [0.4, 0.5) is 0 Å². The zero-order chi connectivity index (χ0) is 14.0. The molecule has 0 radical (unpaired) electrons. The maximum atomic E-state index is 6.51. The van der Waals surface area contributed by atoms with Crippen LogP contribution in [0.2, 0.25) is 0 Å². The van der Waals surface area contributed by atoms with E-state index in [1.54, 1.807) is 0 Å². The van der Waals surface area contributed by atoms with Crippen molar-refractivity contribution in [2.24, 2.45) is 17.1 Å². The van der Waals surface area contributed by atoms with E-state index in [2.05, 4.69) is 45.9 Å². The minimum absolute atomic E-state index is 0.330. The number of hydrogen-bond acceptors (Lipinski definition) is 1. The van der Waals surface area contributed by atoms with Crippen LogP contribution in [-0.4, -0.2) is 6.04 Å². The smallest absolute Gasteiger partial charge is 0.0108 e. The van der Waals surface area contributed by atoms with Crippen molar-refractivity contribution < 1.29 is 0 Å². The number of rotatable bonds is 3. The molecular weight excluding hydrogens is 230 g/mol. The first-order chi connectivity index (χ1) is 8.89. The summed E-state index contributed by atoms with van der Waals surface area (Å²) in [5.74, 6) is 0.715. The molecule has 0 spiro atoms. The zero-order valence-electron chi connectivity index (χ0n) is 13.0. The second kappa shape index (κ2) is 5.66. The third kappa shape index (κ3) is 3.60. The number of nitrogens with two attached hydrogens (primary N) is 1. The lowest BCUT2D eigenvalue weighted by molar-refractivity contribution is 0.173. The molecule has 1 aliphatic carbocycles. The highest BCUT2D eigenvalue weighted by molar-refractivity contribution is 5.34. The van der Waals surface area contributed by atoms with E-state index in [1.807, 2.05) is 0 Å². The Labute approximate surface area is 118 Å². The molecule has 0 saturated heterocycles. The van der Waals surface area contributed by atoms with Crippen molar-refractivity contribution in [2.45, 2.75) is 65.8 Å². The molecular formula is C18H29N. The highest BCUT2D eigenvalue weighted by atomic mass is 14.7. The normalized spacial score (nSPS) is 21.3. The lowest BCUT2D eigenvalue weighted by atomic mass is 9.70. The molecule has 1 aliphatic rings. The Kier molecular flexibility index (Phi) is 4.35. The van der Waals surface area contributed by atoms with Crippen molar-refractivity contribution in [3.63, 3.8) is 0 Å². The fourth-order valence-corrected chi connectivity index (χ4v) is 3.42. The van der Waals surface area contributed by atoms with E-state index in [-0.39, 0.29) is 0 Å². The molecule has 1 unspecified atom stereocenters. The summed E-state index contributed by atoms with van der Waals surface area (Å²) < 4.78 is 0. The van der Waals surface area contributed by atoms with Crippen molar-refractivity contribution in [3.8, 4) is 0 Å². The van der Waals surface area contributed by atoms with Gasteiger partial charge in [-0.25, -0.2) is 0 Å². The predicted molar refractivity (Wildman–Crippen MR) is 83.3 cm³/mol. The van der Waals surface area contributed by atoms with Crippen LogP contribution in [0.25, 0.3) is 0 Å². The van der Waals surface area contributed by atoms with E-state index < -0.39 is 0 Å². The molecule has 0 heterocycles. The highest BCUT2D eigenvalue weighted by Crippen LogP contribution is 2.39. The summed E-state index contributed by atoms with van der Waals surface area (Å²) >= 11 is 0. The SMILES string of the molecule is Cc1cccc(C)c1CC(N)C1CCC(C)(C)CC1. The van der Waals surface area contributed by atoms with E-state index in [0.717, 1.165) is 6.42 Å². The first-order valence-corrected chi connectivity index (χ1v) is 7.70. The van der Waals surface area contributed by atoms with Crippen LogP contribution in [-0.2, 0) is 6.42 Å². The highest BCUT2D eigenvalue weighted by Gasteiger charge is 2.30. The van der Waals surface area contributed by atoms with Gasteiger partial charge in [-0.1, -0.05) is 32.0 Å². The Morgan fingerprint density at radius 3 is 2.21 bits per heavy atom. The van der Waals surface area contributed by atoms with Crippen molar-refractivity contribution >= 4 is 0 Å². The van der Waals surface area contributed by atoms with E-state index >= 15 is 0 Å². The maximum absolute atomic E-state index is 6.51. The topological polar surface area (TPSA) is 26.0 Å². The van der Waals surface area contributed by atoms with Crippen LogP contribution in [0.3, 0.4) is 0 Å². The number of benzene rings is 1. The van der Waals surface area contributed by atoms with Crippen LogP contribution in [0.1, 0.15) is 56.2 Å². The average Bonchev–Trinajstić information content (AvgIpc) is 2.33. The van der Waals surface area contributed by atoms with Gasteiger partial charge in [-0.3, -0.25) is 0 Å². The van der Waals surface area contributed by atoms with Gasteiger partial charge in [-0.05, 0) is 74.0 Å². The minimum Gasteiger partial charge on any atom is -0.327 e. The van der Waals surface area contributed by atoms with E-state index in [9.17, 15) is 0 Å². The van der Waals surface area contributed by atoms with Gasteiger partial charge in [0.15, 0.2) is 0 Å². The van der Waals surface area contributed by atoms with Gasteiger partial charge in [0.05, 0.1) is 0 Å². The van der Waals surface area contributed by atoms with Crippen LogP contribution in [0.15, 0.2) is 18.2 Å². The fourth-order valence-electron chi connectivity index (χ4n) is 3.42. The molecule has 1 aromatic rings. The summed E-state index contributed by atoms with van der Waals surface area (Å²) in [6.45, 7) is 9.19. The van der Waals surface area contributed by atoms with Crippen LogP contribution >= 0.6 is 0 Å². The molecule has 1 nitrogen and oxygen atoms in total. The molecule has 1 heteroatoms. The third-order valence-corrected chi connectivity index (χ3v) is 5.07. The summed E-state index contributed by atoms with van der Waals surface area (Å²) in [4.78, 5) is 0. The number of hydrogen-bond donors (Lipinski definition) is 1. The lowest BCUT2D eigenvalue weighted by Gasteiger charge is -2.37. The molecule has 1 saturated carbocycles. The zero-order valence-corrected chi connectivity index (χ0v) is 13.0. The van der Waals surface area contributed by atoms with Gasteiger partial charge in [0.25, 0.3) is 0 Å². The molecule has 1 aromatic carbocycles. The van der Waals surface area contributed by atoms with Crippen molar-refractivity contribution in [1.29, 1.82) is 0 Å². The predicted octanol–water partition coefficient (Wildman–Crippen LogP) is 4.39. The van der Waals surface area contributed by atoms with E-state index in [1.165, 1.54) is 42.4 Å². The van der Waals surface area contributed by atoms with E-state index in [0.29, 0.717) is 17.4 Å². The summed E-state index contributed by atoms with van der Waals surface area (Å²) in [5, 5.41) is 0. The van der Waals surface area contributed by atoms with Gasteiger partial charge in [0.2, 0.25) is 0 Å². The Morgan fingerprint density at radius 2 is 1.68 bits per heavy atom. The molecule has 1 atom stereocenters. The summed E-state index contributed by atoms with van der Waals surface area (Å²) in [7, 11) is 0. The lowest BCUT2D eigenvalue weighted by Crippen LogP contribution is -2.36. The van der Waals surface area contributed by atoms with Crippen LogP contribution in [0, 0.1) is 25.2 Å². The Hall–Kier alpha value is -0.820. The van der Waals surface area contributed by atoms with Crippen LogP contribution < -0.4 is 5.73 Å². The van der Waals surface area contributed by atoms with Crippen LogP contribution in [0.5, 0.6) is 0 Å². The molecule has 19 heavy (non-hydrogen) atoms. The molecule has 1 fully saturated rings. The molecule has 106 valence electrons. The second-order valence-corrected chi connectivity index (χ2v) is 7.24. The number of aryl methyl sites for hydroxylation is 2. The van der Waals surface area contributed by atoms with Crippen molar-refractivity contribution in [3.05, 3.63) is 34.9 Å². The first-order valence-electron chi connectivity index (χ1n) is 7.70. The van der Waals surface area contributed by atoms with Gasteiger partial charge in [0, 0.05) is 6.04 Å². The molecule has 0 aromatic heterocycles. The standard InChI is InChI=1S/C18H29N/c1-13-6-5-7-14(2)16(13)12-17(19)15-8-10-18(3,4)11-9-15/h5-7,15,17H,8-12,19H2,1-4H3. The Morgan fingerprint density at radius 1 is 1.16 bits per heavy atom. The summed E-state index contributed by atoms with van der Waals surface area (Å²) in [6.07, 6.45) is 6.32. The first kappa shape index (κ1) is 14.6. The molecule has 2 rings (SSSR count). The van der Waals surface area contributed by atoms with Gasteiger partial charge in [-0.15, -0.1) is 0 Å². The second-order valence-electron chi connectivity index (χ2n) is 7.24. The fraction of sp³-hybridized carbons (Fsp3) is 0.667. The van der Waals surface area contributed by atoms with E-state index in [4.69, 9.17) is 5.73 Å². The molecule has 0 amide bonds. The molecule has 0 aliphatic heterocycles. The van der Waals surface area contributed by atoms with Crippen molar-refractivity contribution in [1.82, 2.24) is 0 Å². The van der Waals surface area contributed by atoms with Gasteiger partial charge >= 0.3 is 0 Å². The Balaban J connectivity index is 2.00. The quantitative estimate of drug-likeness (QED) is 0.856. The summed E-state index contributed by atoms with van der Waals surface area (Å²) in [6, 6.07) is 6.89. The van der Waals surface area contributed by atoms with Gasteiger partial charge in [0.1, 0.15) is 0 Å². The largest absolute Gasteiger partial charge is 0.327 e. The third-order valence-electron chi connectivity index (χ3n) is 5.07. The van der Waals surface area contributed by atoms with Gasteiger partial charge < -0.3 is 5.73 Å². The average molecular weight is 259 g/mol. The summed E-state index contributed by atoms with van der Waals surface area (Å²) in [5.41, 5.74) is 11.3. The van der Waals surface area contributed by atoms with Gasteiger partial charge in [-0.2, -0.15) is 0 Å². The minimum atomic E-state index is 0.330. The molecule has 2 N–H and O–H groups in total. The maximum Gasteiger partial charge on any atom is 0.0108 e. The monoisotopic (exact) mass is 259 g/mol. The van der Waals surface area contributed by atoms with Crippen molar-refractivity contribution in [2.75, 3.05) is 0 Å². The molecule has 0 bridgehead atoms. The Bertz CT molecular complexity index is 403.